The normalized spacial score (nSPS) is 9.44. The van der Waals surface area contributed by atoms with E-state index in [0.717, 1.165) is 0 Å². The van der Waals surface area contributed by atoms with Crippen molar-refractivity contribution in [3.05, 3.63) is 46.4 Å². The molecule has 0 heterocycles. The SMILES string of the molecule is Nc1cc(Cl)c(N)cc1Cl.Nc1ccccc1N. The minimum atomic E-state index is 0.432. The average molecular weight is 285 g/mol. The predicted molar refractivity (Wildman–Crippen MR) is 80.6 cm³/mol. The minimum absolute atomic E-state index is 0.432. The molecule has 0 fully saturated rings. The zero-order valence-corrected chi connectivity index (χ0v) is 11.0. The van der Waals surface area contributed by atoms with Crippen LogP contribution in [0.4, 0.5) is 22.7 Å². The van der Waals surface area contributed by atoms with Crippen LogP contribution in [0.2, 0.25) is 10.0 Å². The van der Waals surface area contributed by atoms with Crippen LogP contribution in [0.3, 0.4) is 0 Å². The Morgan fingerprint density at radius 1 is 0.611 bits per heavy atom. The van der Waals surface area contributed by atoms with Crippen molar-refractivity contribution in [1.29, 1.82) is 0 Å². The van der Waals surface area contributed by atoms with Crippen molar-refractivity contribution in [1.82, 2.24) is 0 Å². The molecule has 18 heavy (non-hydrogen) atoms. The van der Waals surface area contributed by atoms with Gasteiger partial charge >= 0.3 is 0 Å². The molecule has 6 heteroatoms. The van der Waals surface area contributed by atoms with E-state index in [1.807, 2.05) is 12.1 Å². The fourth-order valence-electron chi connectivity index (χ4n) is 1.09. The molecule has 0 unspecified atom stereocenters. The van der Waals surface area contributed by atoms with Crippen molar-refractivity contribution in [2.45, 2.75) is 0 Å². The van der Waals surface area contributed by atoms with E-state index in [1.54, 1.807) is 12.1 Å². The molecule has 2 aromatic rings. The van der Waals surface area contributed by atoms with Gasteiger partial charge in [0.1, 0.15) is 0 Å². The van der Waals surface area contributed by atoms with E-state index in [0.29, 0.717) is 32.8 Å². The van der Waals surface area contributed by atoms with E-state index in [-0.39, 0.29) is 0 Å². The molecule has 0 atom stereocenters. The van der Waals surface area contributed by atoms with Gasteiger partial charge in [0.25, 0.3) is 0 Å². The molecule has 0 amide bonds. The lowest BCUT2D eigenvalue weighted by Gasteiger charge is -2.00. The second-order valence-electron chi connectivity index (χ2n) is 3.52. The number of nitrogens with two attached hydrogens (primary N) is 4. The standard InChI is InChI=1S/C6H6Cl2N2.C6H8N2/c7-3-1-5(9)4(8)2-6(3)10;7-5-3-1-2-4-6(5)8/h1-2H,9-10H2;1-4H,7-8H2. The molecular weight excluding hydrogens is 271 g/mol. The zero-order chi connectivity index (χ0) is 13.7. The highest BCUT2D eigenvalue weighted by atomic mass is 35.5. The average Bonchev–Trinajstić information content (AvgIpc) is 2.31. The molecule has 0 bridgehead atoms. The highest BCUT2D eigenvalue weighted by Gasteiger charge is 2.00. The summed E-state index contributed by atoms with van der Waals surface area (Å²) in [6.07, 6.45) is 0. The van der Waals surface area contributed by atoms with Gasteiger partial charge in [-0.1, -0.05) is 35.3 Å². The number of nitrogen functional groups attached to an aromatic ring is 4. The number of para-hydroxylation sites is 2. The monoisotopic (exact) mass is 284 g/mol. The molecule has 0 aliphatic carbocycles. The van der Waals surface area contributed by atoms with Gasteiger partial charge in [-0.25, -0.2) is 0 Å². The van der Waals surface area contributed by atoms with E-state index < -0.39 is 0 Å². The van der Waals surface area contributed by atoms with E-state index in [1.165, 1.54) is 12.1 Å². The Morgan fingerprint density at radius 3 is 1.22 bits per heavy atom. The molecule has 0 aliphatic heterocycles. The lowest BCUT2D eigenvalue weighted by atomic mass is 10.3. The lowest BCUT2D eigenvalue weighted by Crippen LogP contribution is -1.91. The van der Waals surface area contributed by atoms with E-state index in [2.05, 4.69) is 0 Å². The third kappa shape index (κ3) is 3.91. The number of anilines is 4. The van der Waals surface area contributed by atoms with Gasteiger partial charge in [0.15, 0.2) is 0 Å². The zero-order valence-electron chi connectivity index (χ0n) is 9.53. The summed E-state index contributed by atoms with van der Waals surface area (Å²) in [5, 5.41) is 0.865. The van der Waals surface area contributed by atoms with E-state index in [9.17, 15) is 0 Å². The van der Waals surface area contributed by atoms with E-state index >= 15 is 0 Å². The number of hydrogen-bond acceptors (Lipinski definition) is 4. The molecule has 0 saturated heterocycles. The quantitative estimate of drug-likeness (QED) is 0.558. The van der Waals surface area contributed by atoms with Crippen molar-refractivity contribution >= 4 is 46.0 Å². The third-order valence-electron chi connectivity index (χ3n) is 2.11. The van der Waals surface area contributed by atoms with E-state index in [4.69, 9.17) is 46.1 Å². The van der Waals surface area contributed by atoms with Crippen LogP contribution in [0.5, 0.6) is 0 Å². The van der Waals surface area contributed by atoms with Gasteiger partial charge in [-0.3, -0.25) is 0 Å². The summed E-state index contributed by atoms with van der Waals surface area (Å²) in [5.74, 6) is 0. The molecular formula is C12H14Cl2N4. The van der Waals surface area contributed by atoms with Gasteiger partial charge in [-0.2, -0.15) is 0 Å². The van der Waals surface area contributed by atoms with Crippen LogP contribution in [0, 0.1) is 0 Å². The summed E-state index contributed by atoms with van der Waals surface area (Å²) < 4.78 is 0. The molecule has 0 saturated carbocycles. The fourth-order valence-corrected chi connectivity index (χ4v) is 1.43. The highest BCUT2D eigenvalue weighted by molar-refractivity contribution is 6.36. The Bertz CT molecular complexity index is 472. The summed E-state index contributed by atoms with van der Waals surface area (Å²) in [4.78, 5) is 0. The molecule has 8 N–H and O–H groups in total. The molecule has 0 radical (unpaired) electrons. The van der Waals surface area contributed by atoms with Crippen LogP contribution in [-0.4, -0.2) is 0 Å². The first kappa shape index (κ1) is 14.3. The number of hydrogen-bond donors (Lipinski definition) is 4. The largest absolute Gasteiger partial charge is 0.397 e. The summed E-state index contributed by atoms with van der Waals surface area (Å²) in [6, 6.07) is 10.3. The fraction of sp³-hybridized carbons (Fsp3) is 0. The molecule has 0 spiro atoms. The summed E-state index contributed by atoms with van der Waals surface area (Å²) in [5.41, 5.74) is 23.8. The van der Waals surface area contributed by atoms with Crippen LogP contribution < -0.4 is 22.9 Å². The van der Waals surface area contributed by atoms with Crippen molar-refractivity contribution in [3.8, 4) is 0 Å². The Labute approximate surface area is 115 Å². The van der Waals surface area contributed by atoms with Crippen molar-refractivity contribution < 1.29 is 0 Å². The van der Waals surface area contributed by atoms with Crippen LogP contribution >= 0.6 is 23.2 Å². The first-order chi connectivity index (χ1) is 8.41. The summed E-state index contributed by atoms with van der Waals surface area (Å²) in [6.45, 7) is 0. The third-order valence-corrected chi connectivity index (χ3v) is 2.77. The number of benzene rings is 2. The minimum Gasteiger partial charge on any atom is -0.397 e. The maximum absolute atomic E-state index is 5.62. The Balaban J connectivity index is 0.000000184. The summed E-state index contributed by atoms with van der Waals surface area (Å²) >= 11 is 11.2. The molecule has 0 aliphatic rings. The maximum atomic E-state index is 5.62. The smallest absolute Gasteiger partial charge is 0.0656 e. The predicted octanol–water partition coefficient (Wildman–Crippen LogP) is 3.01. The second-order valence-corrected chi connectivity index (χ2v) is 4.34. The molecule has 2 rings (SSSR count). The molecule has 96 valence electrons. The van der Waals surface area contributed by atoms with Gasteiger partial charge in [0.2, 0.25) is 0 Å². The molecule has 0 aromatic heterocycles. The van der Waals surface area contributed by atoms with Crippen molar-refractivity contribution in [2.75, 3.05) is 22.9 Å². The van der Waals surface area contributed by atoms with Gasteiger partial charge in [0, 0.05) is 0 Å². The molecule has 4 nitrogen and oxygen atoms in total. The van der Waals surface area contributed by atoms with Gasteiger partial charge in [-0.15, -0.1) is 0 Å². The second kappa shape index (κ2) is 6.23. The van der Waals surface area contributed by atoms with Crippen LogP contribution in [0.25, 0.3) is 0 Å². The van der Waals surface area contributed by atoms with Gasteiger partial charge in [0.05, 0.1) is 32.8 Å². The Morgan fingerprint density at radius 2 is 0.944 bits per heavy atom. The molecule has 2 aromatic carbocycles. The van der Waals surface area contributed by atoms with Crippen molar-refractivity contribution in [3.63, 3.8) is 0 Å². The van der Waals surface area contributed by atoms with Crippen LogP contribution in [0.1, 0.15) is 0 Å². The topological polar surface area (TPSA) is 104 Å². The lowest BCUT2D eigenvalue weighted by molar-refractivity contribution is 1.66. The Kier molecular flexibility index (Phi) is 4.95. The number of rotatable bonds is 0. The van der Waals surface area contributed by atoms with Crippen LogP contribution in [-0.2, 0) is 0 Å². The Hall–Kier alpha value is -1.78. The summed E-state index contributed by atoms with van der Waals surface area (Å²) in [7, 11) is 0. The highest BCUT2D eigenvalue weighted by Crippen LogP contribution is 2.28. The van der Waals surface area contributed by atoms with Crippen molar-refractivity contribution in [2.24, 2.45) is 0 Å². The van der Waals surface area contributed by atoms with Gasteiger partial charge < -0.3 is 22.9 Å². The first-order valence-corrected chi connectivity index (χ1v) is 5.77. The van der Waals surface area contributed by atoms with Gasteiger partial charge in [-0.05, 0) is 24.3 Å². The van der Waals surface area contributed by atoms with Crippen LogP contribution in [0.15, 0.2) is 36.4 Å². The first-order valence-electron chi connectivity index (χ1n) is 5.01. The number of halogens is 2. The maximum Gasteiger partial charge on any atom is 0.0656 e.